The second-order valence-electron chi connectivity index (χ2n) is 7.81. The average Bonchev–Trinajstić information content (AvgIpc) is 3.54. The Kier molecular flexibility index (Phi) is 4.43. The second kappa shape index (κ2) is 7.04. The largest absolute Gasteiger partial charge is 0.480 e. The van der Waals surface area contributed by atoms with E-state index in [2.05, 4.69) is 0 Å². The number of hydrogen-bond acceptors (Lipinski definition) is 3. The second-order valence-corrected chi connectivity index (χ2v) is 7.81. The van der Waals surface area contributed by atoms with Gasteiger partial charge in [0.1, 0.15) is 23.4 Å². The van der Waals surface area contributed by atoms with Crippen LogP contribution < -0.4 is 15.2 Å². The van der Waals surface area contributed by atoms with E-state index in [1.807, 2.05) is 6.07 Å². The minimum atomic E-state index is -3.00. The van der Waals surface area contributed by atoms with Gasteiger partial charge >= 0.3 is 6.61 Å². The van der Waals surface area contributed by atoms with Crippen LogP contribution >= 0.6 is 0 Å². The van der Waals surface area contributed by atoms with E-state index < -0.39 is 29.9 Å². The van der Waals surface area contributed by atoms with E-state index in [0.717, 1.165) is 5.56 Å². The predicted molar refractivity (Wildman–Crippen MR) is 107 cm³/mol. The first-order valence-corrected chi connectivity index (χ1v) is 9.84. The van der Waals surface area contributed by atoms with Gasteiger partial charge in [-0.25, -0.2) is 4.39 Å². The molecule has 2 N–H and O–H groups in total. The molecule has 0 aromatic heterocycles. The number of rotatable bonds is 5. The Morgan fingerprint density at radius 2 is 1.87 bits per heavy atom. The molecule has 0 spiro atoms. The number of benzene rings is 3. The molecule has 1 unspecified atom stereocenters. The number of carbonyl (C=O) groups excluding carboxylic acids is 1. The van der Waals surface area contributed by atoms with E-state index in [1.165, 1.54) is 18.2 Å². The fourth-order valence-electron chi connectivity index (χ4n) is 4.28. The van der Waals surface area contributed by atoms with E-state index in [0.29, 0.717) is 40.8 Å². The van der Waals surface area contributed by atoms with Crippen LogP contribution in [0, 0.1) is 5.82 Å². The van der Waals surface area contributed by atoms with Crippen molar-refractivity contribution in [2.24, 2.45) is 5.73 Å². The van der Waals surface area contributed by atoms with Crippen molar-refractivity contribution in [1.82, 2.24) is 0 Å². The van der Waals surface area contributed by atoms with Gasteiger partial charge in [-0.05, 0) is 53.8 Å². The fraction of sp³-hybridized carbons (Fsp3) is 0.208. The van der Waals surface area contributed by atoms with E-state index in [1.54, 1.807) is 36.4 Å². The first-order valence-electron chi connectivity index (χ1n) is 9.84. The summed E-state index contributed by atoms with van der Waals surface area (Å²) in [4.78, 5) is 12.1. The highest BCUT2D eigenvalue weighted by Crippen LogP contribution is 2.53. The molecule has 0 bridgehead atoms. The Balaban J connectivity index is 1.72. The van der Waals surface area contributed by atoms with E-state index >= 15 is 0 Å². The van der Waals surface area contributed by atoms with Gasteiger partial charge in [0.15, 0.2) is 0 Å². The van der Waals surface area contributed by atoms with Crippen LogP contribution in [0.3, 0.4) is 0 Å². The normalized spacial score (nSPS) is 18.0. The molecule has 1 saturated carbocycles. The minimum absolute atomic E-state index is 0.0183. The van der Waals surface area contributed by atoms with Crippen LogP contribution in [0.1, 0.15) is 35.6 Å². The lowest BCUT2D eigenvalue weighted by molar-refractivity contribution is -0.120. The summed E-state index contributed by atoms with van der Waals surface area (Å²) in [6, 6.07) is 16.0. The van der Waals surface area contributed by atoms with Gasteiger partial charge in [-0.1, -0.05) is 36.4 Å². The lowest BCUT2D eigenvalue weighted by atomic mass is 9.84. The third-order valence-electron chi connectivity index (χ3n) is 5.98. The van der Waals surface area contributed by atoms with Gasteiger partial charge in [-0.3, -0.25) is 4.79 Å². The van der Waals surface area contributed by atoms with Crippen LogP contribution in [-0.4, -0.2) is 12.5 Å². The first-order chi connectivity index (χ1) is 14.9. The van der Waals surface area contributed by atoms with Crippen LogP contribution in [-0.2, 0) is 10.2 Å². The Morgan fingerprint density at radius 3 is 2.55 bits per heavy atom. The maximum atomic E-state index is 14.0. The van der Waals surface area contributed by atoms with E-state index in [4.69, 9.17) is 15.2 Å². The van der Waals surface area contributed by atoms with Crippen molar-refractivity contribution in [3.8, 4) is 22.6 Å². The molecular formula is C24H18F3NO3. The summed E-state index contributed by atoms with van der Waals surface area (Å²) in [5.74, 6) is -0.497. The Morgan fingerprint density at radius 1 is 1.10 bits per heavy atom. The molecule has 1 amide bonds. The molecule has 31 heavy (non-hydrogen) atoms. The SMILES string of the molecule is NC(=O)C1(c2ccc3c(c2)C(c2cccc(F)c2)Oc2cccc(OC(F)F)c2-3)CC1. The van der Waals surface area contributed by atoms with Crippen molar-refractivity contribution in [2.45, 2.75) is 31.0 Å². The van der Waals surface area contributed by atoms with Crippen molar-refractivity contribution >= 4 is 5.91 Å². The molecule has 4 nitrogen and oxygen atoms in total. The average molecular weight is 425 g/mol. The molecule has 3 aromatic carbocycles. The molecule has 1 aliphatic heterocycles. The molecule has 7 heteroatoms. The summed E-state index contributed by atoms with van der Waals surface area (Å²) in [6.07, 6.45) is 0.593. The molecule has 3 aromatic rings. The van der Waals surface area contributed by atoms with Crippen molar-refractivity contribution in [3.63, 3.8) is 0 Å². The monoisotopic (exact) mass is 425 g/mol. The number of primary amides is 1. The highest BCUT2D eigenvalue weighted by atomic mass is 19.3. The molecule has 0 saturated heterocycles. The van der Waals surface area contributed by atoms with Crippen LogP contribution in [0.2, 0.25) is 0 Å². The van der Waals surface area contributed by atoms with Gasteiger partial charge in [-0.2, -0.15) is 8.78 Å². The lowest BCUT2D eigenvalue weighted by Crippen LogP contribution is -2.29. The van der Waals surface area contributed by atoms with Gasteiger partial charge in [-0.15, -0.1) is 0 Å². The van der Waals surface area contributed by atoms with Gasteiger partial charge in [0.05, 0.1) is 11.0 Å². The maximum Gasteiger partial charge on any atom is 0.387 e. The molecule has 1 atom stereocenters. The smallest absolute Gasteiger partial charge is 0.387 e. The number of amides is 1. The summed E-state index contributed by atoms with van der Waals surface area (Å²) < 4.78 is 50.9. The fourth-order valence-corrected chi connectivity index (χ4v) is 4.28. The standard InChI is InChI=1S/C24H18F3NO3/c25-15-4-1-3-13(11-15)21-17-12-14(24(9-10-24)22(28)29)7-8-16(17)20-18(30-21)5-2-6-19(20)31-23(26)27/h1-8,11-12,21,23H,9-10H2,(H2,28,29). The highest BCUT2D eigenvalue weighted by molar-refractivity contribution is 5.91. The third-order valence-corrected chi connectivity index (χ3v) is 5.98. The lowest BCUT2D eigenvalue weighted by Gasteiger charge is -2.31. The van der Waals surface area contributed by atoms with Crippen molar-refractivity contribution in [3.05, 3.63) is 83.2 Å². The molecule has 158 valence electrons. The summed E-state index contributed by atoms with van der Waals surface area (Å²) >= 11 is 0. The quantitative estimate of drug-likeness (QED) is 0.619. The topological polar surface area (TPSA) is 61.6 Å². The molecule has 2 aliphatic rings. The Hall–Kier alpha value is -3.48. The van der Waals surface area contributed by atoms with E-state index in [-0.39, 0.29) is 5.75 Å². The molecular weight excluding hydrogens is 407 g/mol. The number of carbonyl (C=O) groups is 1. The zero-order valence-corrected chi connectivity index (χ0v) is 16.3. The van der Waals surface area contributed by atoms with Gasteiger partial charge < -0.3 is 15.2 Å². The van der Waals surface area contributed by atoms with Crippen molar-refractivity contribution < 1.29 is 27.4 Å². The zero-order valence-electron chi connectivity index (χ0n) is 16.3. The summed E-state index contributed by atoms with van der Waals surface area (Å²) in [5, 5.41) is 0. The Labute approximate surface area is 176 Å². The molecule has 1 heterocycles. The van der Waals surface area contributed by atoms with Crippen molar-refractivity contribution in [2.75, 3.05) is 0 Å². The van der Waals surface area contributed by atoms with Gasteiger partial charge in [0.2, 0.25) is 5.91 Å². The van der Waals surface area contributed by atoms with Crippen molar-refractivity contribution in [1.29, 1.82) is 0 Å². The number of fused-ring (bicyclic) bond motifs is 3. The third kappa shape index (κ3) is 3.21. The van der Waals surface area contributed by atoms with Gasteiger partial charge in [0, 0.05) is 5.56 Å². The molecule has 0 radical (unpaired) electrons. The van der Waals surface area contributed by atoms with Crippen LogP contribution in [0.4, 0.5) is 13.2 Å². The molecule has 1 aliphatic carbocycles. The van der Waals surface area contributed by atoms with Gasteiger partial charge in [0.25, 0.3) is 0 Å². The van der Waals surface area contributed by atoms with E-state index in [9.17, 15) is 18.0 Å². The molecule has 5 rings (SSSR count). The predicted octanol–water partition coefficient (Wildman–Crippen LogP) is 5.09. The zero-order chi connectivity index (χ0) is 21.8. The number of alkyl halides is 2. The van der Waals surface area contributed by atoms with Crippen LogP contribution in [0.5, 0.6) is 11.5 Å². The maximum absolute atomic E-state index is 14.0. The number of halogens is 3. The number of hydrogen-bond donors (Lipinski definition) is 1. The number of nitrogens with two attached hydrogens (primary N) is 1. The first kappa shape index (κ1) is 19.5. The van der Waals surface area contributed by atoms with Crippen LogP contribution in [0.15, 0.2) is 60.7 Å². The molecule has 1 fully saturated rings. The summed E-state index contributed by atoms with van der Waals surface area (Å²) in [5.41, 5.74) is 7.85. The van der Waals surface area contributed by atoms with Crippen LogP contribution in [0.25, 0.3) is 11.1 Å². The number of ether oxygens (including phenoxy) is 2. The summed E-state index contributed by atoms with van der Waals surface area (Å²) in [7, 11) is 0. The Bertz CT molecular complexity index is 1190. The summed E-state index contributed by atoms with van der Waals surface area (Å²) in [6.45, 7) is -3.00. The minimum Gasteiger partial charge on any atom is -0.480 e. The highest BCUT2D eigenvalue weighted by Gasteiger charge is 2.50.